The highest BCUT2D eigenvalue weighted by Gasteiger charge is 2.44. The molecule has 5 nitrogen and oxygen atoms in total. The van der Waals surface area contributed by atoms with Crippen molar-refractivity contribution >= 4 is 22.6 Å². The molecule has 0 atom stereocenters. The van der Waals surface area contributed by atoms with Crippen molar-refractivity contribution in [2.75, 3.05) is 13.1 Å². The van der Waals surface area contributed by atoms with Crippen molar-refractivity contribution in [3.05, 3.63) is 70.2 Å². The number of fused-ring (bicyclic) bond motifs is 2. The number of carbonyl (C=O) groups is 2. The van der Waals surface area contributed by atoms with Crippen LogP contribution >= 0.6 is 0 Å². The van der Waals surface area contributed by atoms with Gasteiger partial charge in [0.1, 0.15) is 17.2 Å². The molecule has 0 bridgehead atoms. The summed E-state index contributed by atoms with van der Waals surface area (Å²) < 4.78 is 20.3. The summed E-state index contributed by atoms with van der Waals surface area (Å²) in [6.07, 6.45) is 1.48. The second-order valence-corrected chi connectivity index (χ2v) is 9.08. The third-order valence-electron chi connectivity index (χ3n) is 6.80. The van der Waals surface area contributed by atoms with E-state index in [4.69, 9.17) is 4.74 Å². The topological polar surface area (TPSA) is 59.5 Å². The van der Waals surface area contributed by atoms with Crippen LogP contribution in [0, 0.1) is 26.6 Å². The van der Waals surface area contributed by atoms with Gasteiger partial charge in [-0.25, -0.2) is 4.39 Å². The Balaban J connectivity index is 1.39. The lowest BCUT2D eigenvalue weighted by molar-refractivity contribution is -0.00570. The van der Waals surface area contributed by atoms with Crippen LogP contribution in [0.15, 0.2) is 36.4 Å². The standard InChI is InChI=1S/C26H25FN2O3/c1-15-10-21-23(30)14-26(32-24(21)11-16(15)2)6-8-29(9-7-26)25(31)20-12-17(3)28-22-5-4-18(27)13-19(20)22/h4-5,10-13H,6-9,14H2,1-3H3. The summed E-state index contributed by atoms with van der Waals surface area (Å²) in [6, 6.07) is 9.89. The van der Waals surface area contributed by atoms with Gasteiger partial charge in [0.2, 0.25) is 0 Å². The van der Waals surface area contributed by atoms with E-state index in [0.29, 0.717) is 65.8 Å². The van der Waals surface area contributed by atoms with Crippen LogP contribution < -0.4 is 4.74 Å². The Labute approximate surface area is 186 Å². The summed E-state index contributed by atoms with van der Waals surface area (Å²) >= 11 is 0. The molecule has 3 heterocycles. The molecule has 32 heavy (non-hydrogen) atoms. The molecule has 2 aromatic carbocycles. The molecular formula is C26H25FN2O3. The van der Waals surface area contributed by atoms with Gasteiger partial charge in [-0.15, -0.1) is 0 Å². The van der Waals surface area contributed by atoms with Crippen LogP contribution in [0.25, 0.3) is 10.9 Å². The molecule has 1 saturated heterocycles. The predicted molar refractivity (Wildman–Crippen MR) is 120 cm³/mol. The molecule has 0 aliphatic carbocycles. The number of pyridine rings is 1. The highest BCUT2D eigenvalue weighted by Crippen LogP contribution is 2.40. The van der Waals surface area contributed by atoms with Crippen LogP contribution in [-0.4, -0.2) is 40.3 Å². The normalized spacial score (nSPS) is 17.4. The Bertz CT molecular complexity index is 1280. The first-order chi connectivity index (χ1) is 15.2. The molecule has 3 aromatic rings. The number of rotatable bonds is 1. The number of nitrogens with zero attached hydrogens (tertiary/aromatic N) is 2. The molecule has 6 heteroatoms. The van der Waals surface area contributed by atoms with Gasteiger partial charge in [0.25, 0.3) is 5.91 Å². The highest BCUT2D eigenvalue weighted by atomic mass is 19.1. The maximum atomic E-state index is 13.9. The molecule has 1 amide bonds. The lowest BCUT2D eigenvalue weighted by atomic mass is 9.81. The fourth-order valence-electron chi connectivity index (χ4n) is 4.82. The number of piperidine rings is 1. The van der Waals surface area contributed by atoms with Crippen molar-refractivity contribution in [3.63, 3.8) is 0 Å². The number of ether oxygens (including phenoxy) is 1. The molecule has 0 saturated carbocycles. The Morgan fingerprint density at radius 3 is 2.53 bits per heavy atom. The van der Waals surface area contributed by atoms with Crippen LogP contribution in [0.5, 0.6) is 5.75 Å². The van der Waals surface area contributed by atoms with Gasteiger partial charge in [-0.05, 0) is 68.3 Å². The largest absolute Gasteiger partial charge is 0.486 e. The first kappa shape index (κ1) is 20.6. The molecule has 164 valence electrons. The minimum absolute atomic E-state index is 0.0976. The average Bonchev–Trinajstić information content (AvgIpc) is 2.75. The number of likely N-dealkylation sites (tertiary alicyclic amines) is 1. The van der Waals surface area contributed by atoms with Crippen molar-refractivity contribution in [2.45, 2.75) is 45.6 Å². The Kier molecular flexibility index (Phi) is 4.77. The number of Topliss-reactive ketones (excluding diaryl/α,β-unsaturated/α-hetero) is 1. The van der Waals surface area contributed by atoms with Gasteiger partial charge in [-0.1, -0.05) is 0 Å². The number of amides is 1. The van der Waals surface area contributed by atoms with E-state index in [0.717, 1.165) is 11.1 Å². The highest BCUT2D eigenvalue weighted by molar-refractivity contribution is 6.06. The van der Waals surface area contributed by atoms with Crippen molar-refractivity contribution in [1.82, 2.24) is 9.88 Å². The van der Waals surface area contributed by atoms with Crippen molar-refractivity contribution in [2.24, 2.45) is 0 Å². The molecule has 1 spiro atoms. The summed E-state index contributed by atoms with van der Waals surface area (Å²) in [7, 11) is 0. The van der Waals surface area contributed by atoms with E-state index in [1.807, 2.05) is 32.9 Å². The van der Waals surface area contributed by atoms with Gasteiger partial charge >= 0.3 is 0 Å². The lowest BCUT2D eigenvalue weighted by Gasteiger charge is -2.44. The third-order valence-corrected chi connectivity index (χ3v) is 6.80. The Hall–Kier alpha value is -3.28. The van der Waals surface area contributed by atoms with Crippen LogP contribution in [-0.2, 0) is 0 Å². The fourth-order valence-corrected chi connectivity index (χ4v) is 4.82. The van der Waals surface area contributed by atoms with E-state index in [9.17, 15) is 14.0 Å². The van der Waals surface area contributed by atoms with Crippen molar-refractivity contribution < 1.29 is 18.7 Å². The number of hydrogen-bond donors (Lipinski definition) is 0. The van der Waals surface area contributed by atoms with Gasteiger partial charge in [0.05, 0.1) is 23.1 Å². The predicted octanol–water partition coefficient (Wildman–Crippen LogP) is 4.94. The zero-order chi connectivity index (χ0) is 22.6. The quantitative estimate of drug-likeness (QED) is 0.547. The van der Waals surface area contributed by atoms with Gasteiger partial charge in [-0.3, -0.25) is 14.6 Å². The Morgan fingerprint density at radius 2 is 1.78 bits per heavy atom. The van der Waals surface area contributed by atoms with Gasteiger partial charge in [0, 0.05) is 37.0 Å². The molecule has 0 N–H and O–H groups in total. The van der Waals surface area contributed by atoms with E-state index in [1.165, 1.54) is 12.1 Å². The fraction of sp³-hybridized carbons (Fsp3) is 0.346. The molecule has 2 aliphatic heterocycles. The molecule has 2 aliphatic rings. The second kappa shape index (κ2) is 7.40. The number of benzene rings is 2. The van der Waals surface area contributed by atoms with Crippen molar-refractivity contribution in [3.8, 4) is 5.75 Å². The maximum absolute atomic E-state index is 13.9. The SMILES string of the molecule is Cc1cc(C(=O)N2CCC3(CC2)CC(=O)c2cc(C)c(C)cc2O3)c2cc(F)ccc2n1. The summed E-state index contributed by atoms with van der Waals surface area (Å²) in [6.45, 7) is 6.78. The molecule has 5 rings (SSSR count). The third kappa shape index (κ3) is 3.44. The molecule has 1 fully saturated rings. The number of carbonyl (C=O) groups excluding carboxylic acids is 2. The van der Waals surface area contributed by atoms with Crippen LogP contribution in [0.4, 0.5) is 4.39 Å². The smallest absolute Gasteiger partial charge is 0.254 e. The second-order valence-electron chi connectivity index (χ2n) is 9.08. The van der Waals surface area contributed by atoms with Gasteiger partial charge < -0.3 is 9.64 Å². The van der Waals surface area contributed by atoms with E-state index in [-0.39, 0.29) is 11.7 Å². The number of aromatic nitrogens is 1. The zero-order valence-corrected chi connectivity index (χ0v) is 18.5. The van der Waals surface area contributed by atoms with Crippen LogP contribution in [0.1, 0.15) is 56.8 Å². The summed E-state index contributed by atoms with van der Waals surface area (Å²) in [5, 5.41) is 0.518. The summed E-state index contributed by atoms with van der Waals surface area (Å²) in [5.74, 6) is 0.207. The first-order valence-electron chi connectivity index (χ1n) is 10.9. The van der Waals surface area contributed by atoms with E-state index >= 15 is 0 Å². The van der Waals surface area contributed by atoms with Crippen molar-refractivity contribution in [1.29, 1.82) is 0 Å². The van der Waals surface area contributed by atoms with Crippen LogP contribution in [0.2, 0.25) is 0 Å². The number of hydrogen-bond acceptors (Lipinski definition) is 4. The molecule has 0 unspecified atom stereocenters. The zero-order valence-electron chi connectivity index (χ0n) is 18.5. The van der Waals surface area contributed by atoms with Gasteiger partial charge in [0.15, 0.2) is 5.78 Å². The summed E-state index contributed by atoms with van der Waals surface area (Å²) in [4.78, 5) is 32.4. The Morgan fingerprint density at radius 1 is 1.06 bits per heavy atom. The van der Waals surface area contributed by atoms with E-state index in [2.05, 4.69) is 4.98 Å². The monoisotopic (exact) mass is 432 g/mol. The molecular weight excluding hydrogens is 407 g/mol. The molecule has 0 radical (unpaired) electrons. The first-order valence-corrected chi connectivity index (χ1v) is 10.9. The molecule has 1 aromatic heterocycles. The minimum Gasteiger partial charge on any atom is -0.486 e. The van der Waals surface area contributed by atoms with E-state index < -0.39 is 11.4 Å². The van der Waals surface area contributed by atoms with Gasteiger partial charge in [-0.2, -0.15) is 0 Å². The maximum Gasteiger partial charge on any atom is 0.254 e. The van der Waals surface area contributed by atoms with Crippen LogP contribution in [0.3, 0.4) is 0 Å². The lowest BCUT2D eigenvalue weighted by Crippen LogP contribution is -2.52. The summed E-state index contributed by atoms with van der Waals surface area (Å²) in [5.41, 5.74) is 4.01. The number of ketones is 1. The average molecular weight is 432 g/mol. The number of aryl methyl sites for hydroxylation is 3. The van der Waals surface area contributed by atoms with E-state index in [1.54, 1.807) is 17.0 Å². The minimum atomic E-state index is -0.578. The number of halogens is 1.